The van der Waals surface area contributed by atoms with Crippen LogP contribution in [0.15, 0.2) is 17.5 Å². The van der Waals surface area contributed by atoms with Crippen molar-refractivity contribution in [2.45, 2.75) is 38.6 Å². The first-order valence-electron chi connectivity index (χ1n) is 6.80. The minimum Gasteiger partial charge on any atom is -0.394 e. The lowest BCUT2D eigenvalue weighted by molar-refractivity contribution is -0.123. The van der Waals surface area contributed by atoms with Crippen LogP contribution in [0.5, 0.6) is 0 Å². The summed E-state index contributed by atoms with van der Waals surface area (Å²) in [7, 11) is 0. The Hall–Kier alpha value is -1.40. The number of aliphatic hydroxyl groups excluding tert-OH is 1. The van der Waals surface area contributed by atoms with Crippen molar-refractivity contribution in [3.63, 3.8) is 0 Å². The standard InChI is InChI=1S/C14H22N2O3S/c1-3-14(4-2,10-17)16-12(18)7-8-15-13(19)11-6-5-9-20-11/h5-6,9,17H,3-4,7-8,10H2,1-2H3,(H,15,19)(H,16,18). The van der Waals surface area contributed by atoms with Crippen LogP contribution in [0.2, 0.25) is 0 Å². The van der Waals surface area contributed by atoms with Gasteiger partial charge < -0.3 is 15.7 Å². The molecule has 5 nitrogen and oxygen atoms in total. The molecule has 3 N–H and O–H groups in total. The zero-order valence-electron chi connectivity index (χ0n) is 11.9. The van der Waals surface area contributed by atoms with Crippen molar-refractivity contribution in [3.05, 3.63) is 22.4 Å². The smallest absolute Gasteiger partial charge is 0.261 e. The number of rotatable bonds is 8. The van der Waals surface area contributed by atoms with E-state index in [1.165, 1.54) is 11.3 Å². The quantitative estimate of drug-likeness (QED) is 0.681. The molecule has 0 saturated carbocycles. The molecule has 0 bridgehead atoms. The van der Waals surface area contributed by atoms with Gasteiger partial charge in [-0.2, -0.15) is 0 Å². The van der Waals surface area contributed by atoms with Crippen molar-refractivity contribution in [1.29, 1.82) is 0 Å². The van der Waals surface area contributed by atoms with Gasteiger partial charge in [0.1, 0.15) is 0 Å². The third-order valence-corrected chi connectivity index (χ3v) is 4.31. The Morgan fingerprint density at radius 3 is 2.55 bits per heavy atom. The number of amides is 2. The maximum atomic E-state index is 11.8. The van der Waals surface area contributed by atoms with Gasteiger partial charge in [0.25, 0.3) is 5.91 Å². The minimum atomic E-state index is -0.547. The molecule has 1 aromatic rings. The van der Waals surface area contributed by atoms with Gasteiger partial charge in [-0.25, -0.2) is 0 Å². The number of nitrogens with one attached hydrogen (secondary N) is 2. The van der Waals surface area contributed by atoms with Gasteiger partial charge in [-0.15, -0.1) is 11.3 Å². The van der Waals surface area contributed by atoms with Gasteiger partial charge in [0.05, 0.1) is 17.0 Å². The molecule has 112 valence electrons. The molecule has 2 amide bonds. The maximum Gasteiger partial charge on any atom is 0.261 e. The number of thiophene rings is 1. The molecule has 20 heavy (non-hydrogen) atoms. The molecule has 1 heterocycles. The van der Waals surface area contributed by atoms with Crippen molar-refractivity contribution < 1.29 is 14.7 Å². The fourth-order valence-corrected chi connectivity index (χ4v) is 2.47. The van der Waals surface area contributed by atoms with Gasteiger partial charge in [-0.3, -0.25) is 9.59 Å². The first kappa shape index (κ1) is 16.7. The van der Waals surface area contributed by atoms with Crippen LogP contribution in [0.3, 0.4) is 0 Å². The van der Waals surface area contributed by atoms with Crippen LogP contribution in [0.1, 0.15) is 42.8 Å². The van der Waals surface area contributed by atoms with Crippen LogP contribution < -0.4 is 10.6 Å². The molecule has 0 aliphatic carbocycles. The summed E-state index contributed by atoms with van der Waals surface area (Å²) >= 11 is 1.37. The Balaban J connectivity index is 2.35. The molecule has 0 atom stereocenters. The molecule has 0 unspecified atom stereocenters. The maximum absolute atomic E-state index is 11.8. The Bertz CT molecular complexity index is 419. The third-order valence-electron chi connectivity index (χ3n) is 3.44. The van der Waals surface area contributed by atoms with Crippen molar-refractivity contribution in [1.82, 2.24) is 10.6 Å². The fraction of sp³-hybridized carbons (Fsp3) is 0.571. The molecule has 0 spiro atoms. The molecule has 0 aliphatic heterocycles. The fourth-order valence-electron chi connectivity index (χ4n) is 1.83. The second-order valence-electron chi connectivity index (χ2n) is 4.68. The summed E-state index contributed by atoms with van der Waals surface area (Å²) in [5.41, 5.74) is -0.547. The summed E-state index contributed by atoms with van der Waals surface area (Å²) in [6.45, 7) is 4.07. The molecular formula is C14H22N2O3S. The third kappa shape index (κ3) is 4.61. The summed E-state index contributed by atoms with van der Waals surface area (Å²) in [5.74, 6) is -0.318. The van der Waals surface area contributed by atoms with E-state index in [0.29, 0.717) is 17.7 Å². The van der Waals surface area contributed by atoms with E-state index >= 15 is 0 Å². The SMILES string of the molecule is CCC(CC)(CO)NC(=O)CCNC(=O)c1cccs1. The molecule has 0 aliphatic rings. The molecule has 0 radical (unpaired) electrons. The highest BCUT2D eigenvalue weighted by Crippen LogP contribution is 2.14. The van der Waals surface area contributed by atoms with E-state index in [2.05, 4.69) is 10.6 Å². The lowest BCUT2D eigenvalue weighted by Crippen LogP contribution is -2.51. The molecule has 1 aromatic heterocycles. The number of hydrogen-bond acceptors (Lipinski definition) is 4. The second kappa shape index (κ2) is 8.01. The zero-order chi connectivity index (χ0) is 15.0. The molecular weight excluding hydrogens is 276 g/mol. The lowest BCUT2D eigenvalue weighted by Gasteiger charge is -2.30. The Morgan fingerprint density at radius 1 is 1.35 bits per heavy atom. The van der Waals surface area contributed by atoms with E-state index in [9.17, 15) is 14.7 Å². The van der Waals surface area contributed by atoms with Gasteiger partial charge in [0, 0.05) is 13.0 Å². The molecule has 0 saturated heterocycles. The molecule has 0 aromatic carbocycles. The van der Waals surface area contributed by atoms with Crippen molar-refractivity contribution >= 4 is 23.2 Å². The monoisotopic (exact) mass is 298 g/mol. The van der Waals surface area contributed by atoms with Crippen LogP contribution in [0.25, 0.3) is 0 Å². The van der Waals surface area contributed by atoms with Gasteiger partial charge in [-0.05, 0) is 24.3 Å². The van der Waals surface area contributed by atoms with Crippen molar-refractivity contribution in [3.8, 4) is 0 Å². The summed E-state index contributed by atoms with van der Waals surface area (Å²) in [6, 6.07) is 3.55. The second-order valence-corrected chi connectivity index (χ2v) is 5.62. The average molecular weight is 298 g/mol. The van der Waals surface area contributed by atoms with Crippen molar-refractivity contribution in [2.24, 2.45) is 0 Å². The summed E-state index contributed by atoms with van der Waals surface area (Å²) < 4.78 is 0. The highest BCUT2D eigenvalue weighted by atomic mass is 32.1. The van der Waals surface area contributed by atoms with Gasteiger partial charge >= 0.3 is 0 Å². The zero-order valence-corrected chi connectivity index (χ0v) is 12.8. The van der Waals surface area contributed by atoms with Gasteiger partial charge in [0.15, 0.2) is 0 Å². The molecule has 1 rings (SSSR count). The predicted octanol–water partition coefficient (Wildman–Crippen LogP) is 1.54. The predicted molar refractivity (Wildman–Crippen MR) is 79.8 cm³/mol. The van der Waals surface area contributed by atoms with E-state index in [1.807, 2.05) is 25.3 Å². The van der Waals surface area contributed by atoms with Crippen LogP contribution in [-0.2, 0) is 4.79 Å². The van der Waals surface area contributed by atoms with Gasteiger partial charge in [0.2, 0.25) is 5.91 Å². The number of carbonyl (C=O) groups excluding carboxylic acids is 2. The van der Waals surface area contributed by atoms with Crippen LogP contribution in [-0.4, -0.2) is 35.6 Å². The summed E-state index contributed by atoms with van der Waals surface area (Å²) in [6.07, 6.45) is 1.56. The first-order chi connectivity index (χ1) is 9.56. The summed E-state index contributed by atoms with van der Waals surface area (Å²) in [4.78, 5) is 24.1. The topological polar surface area (TPSA) is 78.4 Å². The minimum absolute atomic E-state index is 0.0761. The highest BCUT2D eigenvalue weighted by Gasteiger charge is 2.26. The van der Waals surface area contributed by atoms with Crippen molar-refractivity contribution in [2.75, 3.05) is 13.2 Å². The largest absolute Gasteiger partial charge is 0.394 e. The Labute approximate surface area is 123 Å². The van der Waals surface area contributed by atoms with E-state index in [1.54, 1.807) is 6.07 Å². The van der Waals surface area contributed by atoms with Crippen LogP contribution >= 0.6 is 11.3 Å². The Kier molecular flexibility index (Phi) is 6.67. The summed E-state index contributed by atoms with van der Waals surface area (Å²) in [5, 5.41) is 16.8. The van der Waals surface area contributed by atoms with E-state index < -0.39 is 5.54 Å². The van der Waals surface area contributed by atoms with Crippen LogP contribution in [0, 0.1) is 0 Å². The number of carbonyl (C=O) groups is 2. The lowest BCUT2D eigenvalue weighted by atomic mass is 9.94. The number of aliphatic hydroxyl groups is 1. The normalized spacial score (nSPS) is 11.2. The molecule has 6 heteroatoms. The highest BCUT2D eigenvalue weighted by molar-refractivity contribution is 7.12. The first-order valence-corrected chi connectivity index (χ1v) is 7.68. The van der Waals surface area contributed by atoms with Gasteiger partial charge in [-0.1, -0.05) is 19.9 Å². The van der Waals surface area contributed by atoms with Crippen LogP contribution in [0.4, 0.5) is 0 Å². The molecule has 0 fully saturated rings. The van der Waals surface area contributed by atoms with E-state index in [-0.39, 0.29) is 31.4 Å². The number of hydrogen-bond donors (Lipinski definition) is 3. The average Bonchev–Trinajstić information content (AvgIpc) is 2.99. The van der Waals surface area contributed by atoms with E-state index in [0.717, 1.165) is 0 Å². The van der Waals surface area contributed by atoms with E-state index in [4.69, 9.17) is 0 Å². The Morgan fingerprint density at radius 2 is 2.05 bits per heavy atom.